The maximum Gasteiger partial charge on any atom is 0.197 e. The van der Waals surface area contributed by atoms with E-state index < -0.39 is 0 Å². The van der Waals surface area contributed by atoms with Crippen molar-refractivity contribution < 1.29 is 19.0 Å². The number of ketones is 1. The van der Waals surface area contributed by atoms with Crippen molar-refractivity contribution in [3.8, 4) is 17.2 Å². The molecule has 4 nitrogen and oxygen atoms in total. The fraction of sp³-hybridized carbons (Fsp3) is 0.188. The molecule has 5 heteroatoms. The number of carbonyl (C=O) groups excluding carboxylic acids is 1. The lowest BCUT2D eigenvalue weighted by atomic mass is 10.0. The second kappa shape index (κ2) is 6.63. The standard InChI is InChI=1S/C16H15BrO4/c1-19-12-6-10(7-13(9-12)20-2)16(18)14-8-11(17)4-5-15(14)21-3/h4-9H,1-3H3. The molecule has 2 aromatic carbocycles. The fourth-order valence-electron chi connectivity index (χ4n) is 1.95. The topological polar surface area (TPSA) is 44.8 Å². The summed E-state index contributed by atoms with van der Waals surface area (Å²) in [5.74, 6) is 1.48. The molecule has 0 heterocycles. The van der Waals surface area contributed by atoms with E-state index >= 15 is 0 Å². The molecule has 0 unspecified atom stereocenters. The summed E-state index contributed by atoms with van der Waals surface area (Å²) < 4.78 is 16.4. The van der Waals surface area contributed by atoms with Gasteiger partial charge in [0.15, 0.2) is 5.78 Å². The number of hydrogen-bond acceptors (Lipinski definition) is 4. The zero-order valence-corrected chi connectivity index (χ0v) is 13.6. The molecule has 2 rings (SSSR count). The van der Waals surface area contributed by atoms with Crippen molar-refractivity contribution in [2.45, 2.75) is 0 Å². The molecule has 21 heavy (non-hydrogen) atoms. The summed E-state index contributed by atoms with van der Waals surface area (Å²) in [6, 6.07) is 10.4. The third-order valence-corrected chi connectivity index (χ3v) is 3.51. The summed E-state index contributed by atoms with van der Waals surface area (Å²) in [6.45, 7) is 0. The van der Waals surface area contributed by atoms with E-state index in [1.54, 1.807) is 44.6 Å². The SMILES string of the molecule is COc1cc(OC)cc(C(=O)c2cc(Br)ccc2OC)c1. The van der Waals surface area contributed by atoms with Crippen molar-refractivity contribution >= 4 is 21.7 Å². The Morgan fingerprint density at radius 1 is 0.905 bits per heavy atom. The predicted octanol–water partition coefficient (Wildman–Crippen LogP) is 3.71. The molecule has 0 aliphatic heterocycles. The molecule has 0 saturated carbocycles. The molecule has 0 saturated heterocycles. The lowest BCUT2D eigenvalue weighted by Gasteiger charge is -2.10. The van der Waals surface area contributed by atoms with Crippen LogP contribution < -0.4 is 14.2 Å². The molecule has 2 aromatic rings. The highest BCUT2D eigenvalue weighted by molar-refractivity contribution is 9.10. The Kier molecular flexibility index (Phi) is 4.85. The van der Waals surface area contributed by atoms with E-state index in [2.05, 4.69) is 15.9 Å². The molecule has 0 atom stereocenters. The molecular formula is C16H15BrO4. The van der Waals surface area contributed by atoms with Crippen LogP contribution in [0.15, 0.2) is 40.9 Å². The van der Waals surface area contributed by atoms with Gasteiger partial charge in [-0.15, -0.1) is 0 Å². The summed E-state index contributed by atoms with van der Waals surface area (Å²) >= 11 is 3.37. The molecule has 0 aliphatic carbocycles. The van der Waals surface area contributed by atoms with Crippen LogP contribution in [0, 0.1) is 0 Å². The van der Waals surface area contributed by atoms with Gasteiger partial charge < -0.3 is 14.2 Å². The van der Waals surface area contributed by atoms with Gasteiger partial charge in [0.25, 0.3) is 0 Å². The van der Waals surface area contributed by atoms with Gasteiger partial charge in [0.1, 0.15) is 17.2 Å². The zero-order valence-electron chi connectivity index (χ0n) is 12.0. The molecule has 110 valence electrons. The minimum atomic E-state index is -0.162. The van der Waals surface area contributed by atoms with E-state index in [1.807, 2.05) is 6.07 Å². The molecule has 0 bridgehead atoms. The molecule has 0 fully saturated rings. The van der Waals surface area contributed by atoms with Crippen molar-refractivity contribution in [1.82, 2.24) is 0 Å². The van der Waals surface area contributed by atoms with Gasteiger partial charge >= 0.3 is 0 Å². The lowest BCUT2D eigenvalue weighted by molar-refractivity contribution is 0.103. The number of carbonyl (C=O) groups is 1. The predicted molar refractivity (Wildman–Crippen MR) is 83.7 cm³/mol. The van der Waals surface area contributed by atoms with Crippen LogP contribution in [0.3, 0.4) is 0 Å². The maximum atomic E-state index is 12.7. The molecule has 0 spiro atoms. The second-order valence-electron chi connectivity index (χ2n) is 4.28. The van der Waals surface area contributed by atoms with Crippen LogP contribution in [0.2, 0.25) is 0 Å². The minimum absolute atomic E-state index is 0.162. The van der Waals surface area contributed by atoms with Crippen molar-refractivity contribution in [2.75, 3.05) is 21.3 Å². The van der Waals surface area contributed by atoms with E-state index in [9.17, 15) is 4.79 Å². The number of ether oxygens (including phenoxy) is 3. The van der Waals surface area contributed by atoms with Gasteiger partial charge in [-0.05, 0) is 30.3 Å². The molecule has 0 N–H and O–H groups in total. The normalized spacial score (nSPS) is 10.1. The largest absolute Gasteiger partial charge is 0.497 e. The fourth-order valence-corrected chi connectivity index (χ4v) is 2.31. The Labute approximate surface area is 131 Å². The van der Waals surface area contributed by atoms with Crippen LogP contribution in [0.1, 0.15) is 15.9 Å². The third kappa shape index (κ3) is 3.36. The van der Waals surface area contributed by atoms with E-state index in [1.165, 1.54) is 7.11 Å². The van der Waals surface area contributed by atoms with Crippen molar-refractivity contribution in [1.29, 1.82) is 0 Å². The van der Waals surface area contributed by atoms with Gasteiger partial charge in [0.2, 0.25) is 0 Å². The van der Waals surface area contributed by atoms with Crippen LogP contribution in [-0.4, -0.2) is 27.1 Å². The summed E-state index contributed by atoms with van der Waals surface area (Å²) in [6.07, 6.45) is 0. The second-order valence-corrected chi connectivity index (χ2v) is 5.19. The molecule has 0 radical (unpaired) electrons. The van der Waals surface area contributed by atoms with E-state index in [-0.39, 0.29) is 5.78 Å². The first-order valence-electron chi connectivity index (χ1n) is 6.20. The average Bonchev–Trinajstić information content (AvgIpc) is 2.53. The molecular weight excluding hydrogens is 336 g/mol. The van der Waals surface area contributed by atoms with Crippen LogP contribution in [0.5, 0.6) is 17.2 Å². The van der Waals surface area contributed by atoms with Gasteiger partial charge in [-0.3, -0.25) is 4.79 Å². The highest BCUT2D eigenvalue weighted by atomic mass is 79.9. The third-order valence-electron chi connectivity index (χ3n) is 3.02. The average molecular weight is 351 g/mol. The first-order chi connectivity index (χ1) is 10.1. The quantitative estimate of drug-likeness (QED) is 0.771. The smallest absolute Gasteiger partial charge is 0.197 e. The zero-order chi connectivity index (χ0) is 15.4. The molecule has 0 amide bonds. The Bertz CT molecular complexity index is 645. The van der Waals surface area contributed by atoms with E-state index in [4.69, 9.17) is 14.2 Å². The number of hydrogen-bond donors (Lipinski definition) is 0. The van der Waals surface area contributed by atoms with E-state index in [0.717, 1.165) is 4.47 Å². The van der Waals surface area contributed by atoms with Crippen molar-refractivity contribution in [3.63, 3.8) is 0 Å². The van der Waals surface area contributed by atoms with Crippen LogP contribution in [0.25, 0.3) is 0 Å². The monoisotopic (exact) mass is 350 g/mol. The lowest BCUT2D eigenvalue weighted by Crippen LogP contribution is -2.05. The maximum absolute atomic E-state index is 12.7. The summed E-state index contributed by atoms with van der Waals surface area (Å²) in [7, 11) is 4.62. The van der Waals surface area contributed by atoms with Gasteiger partial charge in [-0.2, -0.15) is 0 Å². The Hall–Kier alpha value is -2.01. The van der Waals surface area contributed by atoms with Crippen molar-refractivity contribution in [2.24, 2.45) is 0 Å². The van der Waals surface area contributed by atoms with Crippen molar-refractivity contribution in [3.05, 3.63) is 52.0 Å². The first-order valence-corrected chi connectivity index (χ1v) is 6.99. The Morgan fingerprint density at radius 3 is 2.05 bits per heavy atom. The molecule has 0 aliphatic rings. The van der Waals surface area contributed by atoms with Gasteiger partial charge in [0, 0.05) is 16.1 Å². The highest BCUT2D eigenvalue weighted by Gasteiger charge is 2.17. The summed E-state index contributed by atoms with van der Waals surface area (Å²) in [5, 5.41) is 0. The summed E-state index contributed by atoms with van der Waals surface area (Å²) in [5.41, 5.74) is 0.949. The van der Waals surface area contributed by atoms with E-state index in [0.29, 0.717) is 28.4 Å². The van der Waals surface area contributed by atoms with Gasteiger partial charge in [0.05, 0.1) is 26.9 Å². The molecule has 0 aromatic heterocycles. The number of halogens is 1. The Balaban J connectivity index is 2.51. The van der Waals surface area contributed by atoms with Crippen LogP contribution in [-0.2, 0) is 0 Å². The number of methoxy groups -OCH3 is 3. The Morgan fingerprint density at radius 2 is 1.52 bits per heavy atom. The van der Waals surface area contributed by atoms with Gasteiger partial charge in [-0.25, -0.2) is 0 Å². The van der Waals surface area contributed by atoms with Crippen LogP contribution in [0.4, 0.5) is 0 Å². The number of benzene rings is 2. The van der Waals surface area contributed by atoms with Gasteiger partial charge in [-0.1, -0.05) is 15.9 Å². The van der Waals surface area contributed by atoms with Crippen LogP contribution >= 0.6 is 15.9 Å². The number of rotatable bonds is 5. The highest BCUT2D eigenvalue weighted by Crippen LogP contribution is 2.29. The summed E-state index contributed by atoms with van der Waals surface area (Å²) in [4.78, 5) is 12.7. The minimum Gasteiger partial charge on any atom is -0.497 e. The first kappa shape index (κ1) is 15.4.